The first kappa shape index (κ1) is 18.0. The monoisotopic (exact) mass is 382 g/mol. The fourth-order valence-electron chi connectivity index (χ4n) is 2.97. The molecule has 0 spiro atoms. The summed E-state index contributed by atoms with van der Waals surface area (Å²) in [6.07, 6.45) is -0.495. The topological polar surface area (TPSA) is 41.6 Å². The number of hydrogen-bond acceptors (Lipinski definition) is 3. The van der Waals surface area contributed by atoms with Crippen molar-refractivity contribution >= 4 is 29.3 Å². The molecule has 1 aliphatic rings. The van der Waals surface area contributed by atoms with Gasteiger partial charge in [-0.25, -0.2) is 9.18 Å². The van der Waals surface area contributed by atoms with Crippen LogP contribution in [0.5, 0.6) is 5.75 Å². The van der Waals surface area contributed by atoms with Gasteiger partial charge in [-0.3, -0.25) is 0 Å². The molecular weight excluding hydrogens is 366 g/mol. The maximum Gasteiger partial charge on any atom is 0.415 e. The Labute approximate surface area is 155 Å². The van der Waals surface area contributed by atoms with Crippen molar-refractivity contribution in [2.75, 3.05) is 20.1 Å². The largest absolute Gasteiger partial charge is 0.415 e. The third kappa shape index (κ3) is 4.06. The summed E-state index contributed by atoms with van der Waals surface area (Å²) in [6, 6.07) is 10.7. The molecule has 1 fully saturated rings. The van der Waals surface area contributed by atoms with Gasteiger partial charge in [0.05, 0.1) is 16.1 Å². The normalized spacial score (nSPS) is 19.7. The molecule has 1 saturated heterocycles. The lowest BCUT2D eigenvalue weighted by Crippen LogP contribution is -2.42. The number of carbonyl (C=O) groups is 1. The molecule has 4 nitrogen and oxygen atoms in total. The predicted octanol–water partition coefficient (Wildman–Crippen LogP) is 4.32. The molecule has 1 aliphatic heterocycles. The van der Waals surface area contributed by atoms with Gasteiger partial charge >= 0.3 is 6.09 Å². The number of halogens is 3. The number of nitrogens with one attached hydrogen (secondary N) is 1. The van der Waals surface area contributed by atoms with Crippen molar-refractivity contribution in [2.45, 2.75) is 12.0 Å². The van der Waals surface area contributed by atoms with Crippen LogP contribution in [-0.4, -0.2) is 37.2 Å². The SMILES string of the molecule is CN(C(=O)Oc1ccc(F)cc1)[C@@H]1CNC[C@H]1c1ccc(Cl)c(Cl)c1. The van der Waals surface area contributed by atoms with E-state index in [2.05, 4.69) is 5.32 Å². The van der Waals surface area contributed by atoms with Crippen LogP contribution in [0.25, 0.3) is 0 Å². The summed E-state index contributed by atoms with van der Waals surface area (Å²) < 4.78 is 18.3. The minimum Gasteiger partial charge on any atom is -0.410 e. The minimum atomic E-state index is -0.495. The summed E-state index contributed by atoms with van der Waals surface area (Å²) in [5, 5.41) is 4.27. The summed E-state index contributed by atoms with van der Waals surface area (Å²) in [7, 11) is 1.69. The maximum atomic E-state index is 12.9. The molecule has 7 heteroatoms. The molecule has 2 atom stereocenters. The molecule has 1 amide bonds. The fourth-order valence-corrected chi connectivity index (χ4v) is 3.27. The van der Waals surface area contributed by atoms with E-state index in [4.69, 9.17) is 27.9 Å². The van der Waals surface area contributed by atoms with Gasteiger partial charge in [-0.05, 0) is 42.0 Å². The summed E-state index contributed by atoms with van der Waals surface area (Å²) in [5.41, 5.74) is 1.01. The van der Waals surface area contributed by atoms with E-state index < -0.39 is 6.09 Å². The third-order valence-electron chi connectivity index (χ3n) is 4.36. The number of nitrogens with zero attached hydrogens (tertiary/aromatic N) is 1. The van der Waals surface area contributed by atoms with Gasteiger partial charge in [0.15, 0.2) is 0 Å². The highest BCUT2D eigenvalue weighted by atomic mass is 35.5. The van der Waals surface area contributed by atoms with Crippen molar-refractivity contribution in [3.63, 3.8) is 0 Å². The van der Waals surface area contributed by atoms with Crippen LogP contribution < -0.4 is 10.1 Å². The number of amides is 1. The van der Waals surface area contributed by atoms with E-state index in [0.29, 0.717) is 22.3 Å². The summed E-state index contributed by atoms with van der Waals surface area (Å²) in [5.74, 6) is -0.0105. The Balaban J connectivity index is 1.73. The molecule has 0 aromatic heterocycles. The van der Waals surface area contributed by atoms with Crippen molar-refractivity contribution in [2.24, 2.45) is 0 Å². The number of ether oxygens (including phenoxy) is 1. The third-order valence-corrected chi connectivity index (χ3v) is 5.10. The lowest BCUT2D eigenvalue weighted by atomic mass is 9.93. The smallest absolute Gasteiger partial charge is 0.410 e. The van der Waals surface area contributed by atoms with Gasteiger partial charge in [-0.2, -0.15) is 0 Å². The Hall–Kier alpha value is -1.82. The fraction of sp³-hybridized carbons (Fsp3) is 0.278. The second-order valence-corrected chi connectivity index (χ2v) is 6.75. The second kappa shape index (κ2) is 7.60. The first-order valence-corrected chi connectivity index (χ1v) is 8.57. The van der Waals surface area contributed by atoms with Crippen LogP contribution in [0.2, 0.25) is 10.0 Å². The van der Waals surface area contributed by atoms with E-state index in [1.807, 2.05) is 12.1 Å². The maximum absolute atomic E-state index is 12.9. The van der Waals surface area contributed by atoms with Crippen LogP contribution in [-0.2, 0) is 0 Å². The zero-order valence-electron chi connectivity index (χ0n) is 13.5. The van der Waals surface area contributed by atoms with E-state index in [1.54, 1.807) is 18.0 Å². The number of carbonyl (C=O) groups excluding carboxylic acids is 1. The second-order valence-electron chi connectivity index (χ2n) is 5.94. The van der Waals surface area contributed by atoms with Gasteiger partial charge in [0, 0.05) is 26.1 Å². The lowest BCUT2D eigenvalue weighted by Gasteiger charge is -2.28. The number of likely N-dealkylation sites (N-methyl/N-ethyl adjacent to an activating group) is 1. The molecule has 0 radical (unpaired) electrons. The Morgan fingerprint density at radius 3 is 2.56 bits per heavy atom. The van der Waals surface area contributed by atoms with E-state index >= 15 is 0 Å². The number of rotatable bonds is 3. The van der Waals surface area contributed by atoms with Gasteiger partial charge in [-0.15, -0.1) is 0 Å². The van der Waals surface area contributed by atoms with Gasteiger partial charge in [0.25, 0.3) is 0 Å². The van der Waals surface area contributed by atoms with Crippen LogP contribution in [0.1, 0.15) is 11.5 Å². The van der Waals surface area contributed by atoms with Gasteiger partial charge in [0.2, 0.25) is 0 Å². The number of hydrogen-bond donors (Lipinski definition) is 1. The summed E-state index contributed by atoms with van der Waals surface area (Å²) in [6.45, 7) is 1.36. The highest BCUT2D eigenvalue weighted by Crippen LogP contribution is 2.31. The first-order chi connectivity index (χ1) is 12.0. The van der Waals surface area contributed by atoms with Crippen LogP contribution in [0.4, 0.5) is 9.18 Å². The molecule has 1 N–H and O–H groups in total. The Bertz CT molecular complexity index is 770. The lowest BCUT2D eigenvalue weighted by molar-refractivity contribution is 0.145. The van der Waals surface area contributed by atoms with Crippen molar-refractivity contribution in [3.05, 3.63) is 63.9 Å². The van der Waals surface area contributed by atoms with Crippen molar-refractivity contribution in [3.8, 4) is 5.75 Å². The van der Waals surface area contributed by atoms with Crippen molar-refractivity contribution in [1.29, 1.82) is 0 Å². The molecule has 2 aromatic carbocycles. The first-order valence-electron chi connectivity index (χ1n) is 7.81. The van der Waals surface area contributed by atoms with Gasteiger partial charge in [0.1, 0.15) is 11.6 Å². The molecular formula is C18H17Cl2FN2O2. The summed E-state index contributed by atoms with van der Waals surface area (Å²) >= 11 is 12.1. The van der Waals surface area contributed by atoms with Crippen LogP contribution in [0, 0.1) is 5.82 Å². The molecule has 3 rings (SSSR count). The Kier molecular flexibility index (Phi) is 5.47. The standard InChI is InChI=1S/C18H17Cl2FN2O2/c1-23(18(24)25-13-5-3-12(21)4-6-13)17-10-22-9-14(17)11-2-7-15(19)16(20)8-11/h2-8,14,17,22H,9-10H2,1H3/t14-,17+/m0/s1. The molecule has 2 aromatic rings. The van der Waals surface area contributed by atoms with E-state index in [0.717, 1.165) is 12.1 Å². The van der Waals surface area contributed by atoms with Crippen molar-refractivity contribution < 1.29 is 13.9 Å². The predicted molar refractivity (Wildman–Crippen MR) is 96.0 cm³/mol. The van der Waals surface area contributed by atoms with Crippen LogP contribution in [0.3, 0.4) is 0 Å². The molecule has 132 valence electrons. The van der Waals surface area contributed by atoms with Gasteiger partial charge < -0.3 is 15.0 Å². The molecule has 0 unspecified atom stereocenters. The zero-order valence-corrected chi connectivity index (χ0v) is 15.0. The molecule has 0 aliphatic carbocycles. The zero-order chi connectivity index (χ0) is 18.0. The minimum absolute atomic E-state index is 0.0699. The molecule has 25 heavy (non-hydrogen) atoms. The average molecular weight is 383 g/mol. The van der Waals surface area contributed by atoms with E-state index in [1.165, 1.54) is 24.3 Å². The van der Waals surface area contributed by atoms with Crippen LogP contribution in [0.15, 0.2) is 42.5 Å². The van der Waals surface area contributed by atoms with Crippen molar-refractivity contribution in [1.82, 2.24) is 10.2 Å². The van der Waals surface area contributed by atoms with Gasteiger partial charge in [-0.1, -0.05) is 29.3 Å². The van der Waals surface area contributed by atoms with E-state index in [9.17, 15) is 9.18 Å². The molecule has 0 bridgehead atoms. The highest BCUT2D eigenvalue weighted by Gasteiger charge is 2.34. The average Bonchev–Trinajstić information content (AvgIpc) is 3.08. The van der Waals surface area contributed by atoms with Crippen LogP contribution >= 0.6 is 23.2 Å². The molecule has 1 heterocycles. The highest BCUT2D eigenvalue weighted by molar-refractivity contribution is 6.42. The quantitative estimate of drug-likeness (QED) is 0.859. The summed E-state index contributed by atoms with van der Waals surface area (Å²) in [4.78, 5) is 14.0. The Morgan fingerprint density at radius 1 is 1.16 bits per heavy atom. The number of benzene rings is 2. The Morgan fingerprint density at radius 2 is 1.88 bits per heavy atom. The van der Waals surface area contributed by atoms with E-state index in [-0.39, 0.29) is 17.8 Å². The molecule has 0 saturated carbocycles.